The molecule has 0 bridgehead atoms. The average Bonchev–Trinajstić information content (AvgIpc) is 3.37. The molecule has 4 rings (SSSR count). The van der Waals surface area contributed by atoms with Gasteiger partial charge in [0, 0.05) is 26.2 Å². The van der Waals surface area contributed by atoms with Gasteiger partial charge in [-0.05, 0) is 43.2 Å². The number of hydrogen-bond acceptors (Lipinski definition) is 4. The molecular formula is C20H28ClN3O3. The van der Waals surface area contributed by atoms with Crippen molar-refractivity contribution < 1.29 is 14.3 Å². The number of likely N-dealkylation sites (tertiary alicyclic amines) is 1. The third-order valence-electron chi connectivity index (χ3n) is 5.75. The molecule has 27 heavy (non-hydrogen) atoms. The van der Waals surface area contributed by atoms with E-state index in [9.17, 15) is 9.59 Å². The fourth-order valence-electron chi connectivity index (χ4n) is 4.27. The molecule has 0 spiro atoms. The van der Waals surface area contributed by atoms with Crippen LogP contribution < -0.4 is 10.6 Å². The van der Waals surface area contributed by atoms with Crippen molar-refractivity contribution in [1.82, 2.24) is 15.5 Å². The molecule has 2 amide bonds. The Morgan fingerprint density at radius 3 is 2.78 bits per heavy atom. The smallest absolute Gasteiger partial charge is 0.242 e. The Kier molecular flexibility index (Phi) is 6.73. The molecule has 0 saturated carbocycles. The monoisotopic (exact) mass is 393 g/mol. The van der Waals surface area contributed by atoms with Crippen molar-refractivity contribution in [3.63, 3.8) is 0 Å². The predicted molar refractivity (Wildman–Crippen MR) is 105 cm³/mol. The summed E-state index contributed by atoms with van der Waals surface area (Å²) in [6.07, 6.45) is 4.50. The molecule has 3 aliphatic rings. The van der Waals surface area contributed by atoms with Crippen molar-refractivity contribution in [2.75, 3.05) is 19.7 Å². The van der Waals surface area contributed by atoms with Crippen LogP contribution in [0, 0.1) is 0 Å². The van der Waals surface area contributed by atoms with E-state index in [1.807, 2.05) is 12.1 Å². The van der Waals surface area contributed by atoms with Crippen LogP contribution in [0.1, 0.15) is 36.8 Å². The Balaban J connectivity index is 0.00000210. The van der Waals surface area contributed by atoms with E-state index in [0.29, 0.717) is 26.1 Å². The molecule has 1 unspecified atom stereocenters. The summed E-state index contributed by atoms with van der Waals surface area (Å²) >= 11 is 0. The molecular weight excluding hydrogens is 366 g/mol. The molecule has 2 saturated heterocycles. The summed E-state index contributed by atoms with van der Waals surface area (Å²) in [5.41, 5.74) is 2.48. The van der Waals surface area contributed by atoms with E-state index in [0.717, 1.165) is 32.3 Å². The number of halogens is 1. The maximum atomic E-state index is 13.0. The number of amides is 2. The number of carbonyl (C=O) groups excluding carboxylic acids is 2. The molecule has 3 aliphatic heterocycles. The number of nitrogens with one attached hydrogen (secondary N) is 2. The van der Waals surface area contributed by atoms with Gasteiger partial charge < -0.3 is 20.3 Å². The lowest BCUT2D eigenvalue weighted by molar-refractivity contribution is -0.140. The summed E-state index contributed by atoms with van der Waals surface area (Å²) in [5.74, 6) is 0.0110. The minimum absolute atomic E-state index is 0. The number of fused-ring (bicyclic) bond motifs is 1. The number of rotatable bonds is 4. The Hall–Kier alpha value is -1.63. The first-order valence-electron chi connectivity index (χ1n) is 9.72. The summed E-state index contributed by atoms with van der Waals surface area (Å²) in [6, 6.07) is 7.65. The second-order valence-corrected chi connectivity index (χ2v) is 7.48. The topological polar surface area (TPSA) is 70.7 Å². The molecule has 0 aromatic heterocycles. The first-order chi connectivity index (χ1) is 12.7. The van der Waals surface area contributed by atoms with E-state index in [-0.39, 0.29) is 42.4 Å². The van der Waals surface area contributed by atoms with Crippen LogP contribution in [0.5, 0.6) is 0 Å². The van der Waals surface area contributed by atoms with Crippen molar-refractivity contribution in [2.45, 2.75) is 56.8 Å². The molecule has 2 fully saturated rings. The van der Waals surface area contributed by atoms with Crippen molar-refractivity contribution in [3.05, 3.63) is 35.4 Å². The highest BCUT2D eigenvalue weighted by molar-refractivity contribution is 5.90. The van der Waals surface area contributed by atoms with Crippen molar-refractivity contribution in [1.29, 1.82) is 0 Å². The molecule has 1 aromatic carbocycles. The summed E-state index contributed by atoms with van der Waals surface area (Å²) < 4.78 is 5.56. The molecule has 0 aliphatic carbocycles. The van der Waals surface area contributed by atoms with E-state index in [1.54, 1.807) is 4.90 Å². The first-order valence-corrected chi connectivity index (χ1v) is 9.72. The zero-order valence-corrected chi connectivity index (χ0v) is 16.3. The molecule has 6 nitrogen and oxygen atoms in total. The fraction of sp³-hybridized carbons (Fsp3) is 0.600. The lowest BCUT2D eigenvalue weighted by Crippen LogP contribution is -2.54. The number of ether oxygens (including phenoxy) is 1. The normalized spacial score (nSPS) is 27.0. The van der Waals surface area contributed by atoms with Crippen LogP contribution in [0.3, 0.4) is 0 Å². The van der Waals surface area contributed by atoms with Crippen LogP contribution in [-0.2, 0) is 27.3 Å². The Morgan fingerprint density at radius 2 is 2.00 bits per heavy atom. The molecule has 2 N–H and O–H groups in total. The van der Waals surface area contributed by atoms with E-state index in [4.69, 9.17) is 4.74 Å². The maximum Gasteiger partial charge on any atom is 0.242 e. The van der Waals surface area contributed by atoms with Crippen LogP contribution in [0.4, 0.5) is 0 Å². The van der Waals surface area contributed by atoms with Gasteiger partial charge >= 0.3 is 0 Å². The molecule has 3 heterocycles. The van der Waals surface area contributed by atoms with Crippen LogP contribution >= 0.6 is 12.4 Å². The van der Waals surface area contributed by atoms with Crippen LogP contribution in [0.2, 0.25) is 0 Å². The zero-order chi connectivity index (χ0) is 17.9. The van der Waals surface area contributed by atoms with Gasteiger partial charge in [-0.25, -0.2) is 0 Å². The van der Waals surface area contributed by atoms with Gasteiger partial charge in [0.15, 0.2) is 0 Å². The standard InChI is InChI=1S/C20H27N3O3.ClH/c24-19(22-13-16-7-4-10-26-16)18-8-3-9-23(18)20(25)17-11-14-5-1-2-6-15(14)12-21-17;/h1-2,5-6,16-18,21H,3-4,7-13H2,(H,22,24);1H/t16?,17-,18-;/m0./s1. The number of hydrogen-bond donors (Lipinski definition) is 2. The lowest BCUT2D eigenvalue weighted by Gasteiger charge is -2.31. The molecule has 0 radical (unpaired) electrons. The predicted octanol–water partition coefficient (Wildman–Crippen LogP) is 1.41. The van der Waals surface area contributed by atoms with E-state index in [2.05, 4.69) is 22.8 Å². The van der Waals surface area contributed by atoms with Crippen LogP contribution in [0.25, 0.3) is 0 Å². The minimum atomic E-state index is -0.345. The first kappa shape index (κ1) is 20.1. The lowest BCUT2D eigenvalue weighted by atomic mass is 9.95. The highest BCUT2D eigenvalue weighted by Crippen LogP contribution is 2.23. The van der Waals surface area contributed by atoms with E-state index < -0.39 is 0 Å². The quantitative estimate of drug-likeness (QED) is 0.811. The van der Waals surface area contributed by atoms with Gasteiger partial charge in [-0.1, -0.05) is 24.3 Å². The summed E-state index contributed by atoms with van der Waals surface area (Å²) in [4.78, 5) is 27.4. The van der Waals surface area contributed by atoms with Gasteiger partial charge in [-0.2, -0.15) is 0 Å². The third-order valence-corrected chi connectivity index (χ3v) is 5.75. The van der Waals surface area contributed by atoms with Gasteiger partial charge in [0.25, 0.3) is 0 Å². The van der Waals surface area contributed by atoms with Gasteiger partial charge in [0.1, 0.15) is 6.04 Å². The third kappa shape index (κ3) is 4.45. The molecule has 148 valence electrons. The van der Waals surface area contributed by atoms with Crippen LogP contribution in [-0.4, -0.2) is 54.6 Å². The van der Waals surface area contributed by atoms with E-state index in [1.165, 1.54) is 11.1 Å². The largest absolute Gasteiger partial charge is 0.376 e. The summed E-state index contributed by atoms with van der Waals surface area (Å²) in [6.45, 7) is 2.70. The SMILES string of the molecule is Cl.O=C(NCC1CCCO1)[C@@H]1CCCN1C(=O)[C@@H]1Cc2ccccc2CN1. The van der Waals surface area contributed by atoms with Crippen molar-refractivity contribution in [3.8, 4) is 0 Å². The summed E-state index contributed by atoms with van der Waals surface area (Å²) in [7, 11) is 0. The van der Waals surface area contributed by atoms with Gasteiger partial charge in [-0.15, -0.1) is 12.4 Å². The Bertz CT molecular complexity index is 678. The average molecular weight is 394 g/mol. The molecule has 3 atom stereocenters. The van der Waals surface area contributed by atoms with E-state index >= 15 is 0 Å². The highest BCUT2D eigenvalue weighted by atomic mass is 35.5. The number of benzene rings is 1. The minimum Gasteiger partial charge on any atom is -0.376 e. The fourth-order valence-corrected chi connectivity index (χ4v) is 4.27. The number of carbonyl (C=O) groups is 2. The van der Waals surface area contributed by atoms with Gasteiger partial charge in [0.05, 0.1) is 12.1 Å². The highest BCUT2D eigenvalue weighted by Gasteiger charge is 2.38. The van der Waals surface area contributed by atoms with Gasteiger partial charge in [0.2, 0.25) is 11.8 Å². The molecule has 7 heteroatoms. The maximum absolute atomic E-state index is 13.0. The Labute approximate surface area is 166 Å². The van der Waals surface area contributed by atoms with Crippen molar-refractivity contribution >= 4 is 24.2 Å². The Morgan fingerprint density at radius 1 is 1.19 bits per heavy atom. The van der Waals surface area contributed by atoms with Gasteiger partial charge in [-0.3, -0.25) is 9.59 Å². The summed E-state index contributed by atoms with van der Waals surface area (Å²) in [5, 5.41) is 6.34. The molecule has 1 aromatic rings. The second kappa shape index (κ2) is 9.04. The van der Waals surface area contributed by atoms with Crippen LogP contribution in [0.15, 0.2) is 24.3 Å². The second-order valence-electron chi connectivity index (χ2n) is 7.48. The van der Waals surface area contributed by atoms with Crippen molar-refractivity contribution in [2.24, 2.45) is 0 Å². The number of nitrogens with zero attached hydrogens (tertiary/aromatic N) is 1. The zero-order valence-electron chi connectivity index (χ0n) is 15.5.